The molecule has 0 atom stereocenters. The van der Waals surface area contributed by atoms with Gasteiger partial charge in [0.15, 0.2) is 0 Å². The summed E-state index contributed by atoms with van der Waals surface area (Å²) in [4.78, 5) is 10.6. The number of ether oxygens (including phenoxy) is 1. The van der Waals surface area contributed by atoms with E-state index in [1.807, 2.05) is 0 Å². The Labute approximate surface area is 137 Å². The van der Waals surface area contributed by atoms with Crippen molar-refractivity contribution in [2.45, 2.75) is 5.88 Å². The van der Waals surface area contributed by atoms with Crippen LogP contribution in [0.15, 0.2) is 45.3 Å². The zero-order chi connectivity index (χ0) is 14.7. The van der Waals surface area contributed by atoms with E-state index in [0.717, 1.165) is 4.47 Å². The Morgan fingerprint density at radius 2 is 1.85 bits per heavy atom. The average molecular weight is 421 g/mol. The molecule has 2 rings (SSSR count). The van der Waals surface area contributed by atoms with Crippen LogP contribution in [0.3, 0.4) is 0 Å². The van der Waals surface area contributed by atoms with Gasteiger partial charge < -0.3 is 4.74 Å². The van der Waals surface area contributed by atoms with Crippen LogP contribution < -0.4 is 4.74 Å². The summed E-state index contributed by atoms with van der Waals surface area (Å²) in [6.45, 7) is 0. The standard InChI is InChI=1S/C13H8Br2ClNO3/c14-9-2-4-12(10(15)6-9)20-13-3-1-8(7-16)5-11(13)17(18)19/h1-6H,7H2. The van der Waals surface area contributed by atoms with E-state index >= 15 is 0 Å². The molecule has 0 radical (unpaired) electrons. The summed E-state index contributed by atoms with van der Waals surface area (Å²) in [6, 6.07) is 9.96. The van der Waals surface area contributed by atoms with Crippen molar-refractivity contribution in [1.29, 1.82) is 0 Å². The normalized spacial score (nSPS) is 10.3. The molecule has 0 unspecified atom stereocenters. The molecule has 20 heavy (non-hydrogen) atoms. The minimum absolute atomic E-state index is 0.113. The van der Waals surface area contributed by atoms with Crippen molar-refractivity contribution in [2.24, 2.45) is 0 Å². The minimum atomic E-state index is -0.488. The van der Waals surface area contributed by atoms with Gasteiger partial charge in [0, 0.05) is 16.4 Å². The second-order valence-corrected chi connectivity index (χ2v) is 5.91. The lowest BCUT2D eigenvalue weighted by Crippen LogP contribution is -1.95. The topological polar surface area (TPSA) is 52.4 Å². The highest BCUT2D eigenvalue weighted by Crippen LogP contribution is 2.36. The summed E-state index contributed by atoms with van der Waals surface area (Å²) in [5.74, 6) is 0.880. The predicted octanol–water partition coefficient (Wildman–Crippen LogP) is 5.65. The first-order valence-electron chi connectivity index (χ1n) is 5.47. The second kappa shape index (κ2) is 6.56. The number of alkyl halides is 1. The van der Waals surface area contributed by atoms with E-state index < -0.39 is 4.92 Å². The summed E-state index contributed by atoms with van der Waals surface area (Å²) in [7, 11) is 0. The molecule has 0 bridgehead atoms. The Balaban J connectivity index is 2.40. The molecule has 2 aromatic carbocycles. The third kappa shape index (κ3) is 3.50. The van der Waals surface area contributed by atoms with Gasteiger partial charge in [-0.05, 0) is 45.8 Å². The molecule has 0 spiro atoms. The maximum atomic E-state index is 11.1. The third-order valence-corrected chi connectivity index (χ3v) is 3.91. The number of halogens is 3. The van der Waals surface area contributed by atoms with Crippen molar-refractivity contribution in [2.75, 3.05) is 0 Å². The third-order valence-electron chi connectivity index (χ3n) is 2.49. The van der Waals surface area contributed by atoms with Crippen LogP contribution in [-0.2, 0) is 5.88 Å². The fourth-order valence-corrected chi connectivity index (χ4v) is 2.85. The maximum absolute atomic E-state index is 11.1. The Morgan fingerprint density at radius 1 is 1.15 bits per heavy atom. The molecule has 0 amide bonds. The molecule has 0 saturated carbocycles. The summed E-state index contributed by atoms with van der Waals surface area (Å²) >= 11 is 12.4. The van der Waals surface area contributed by atoms with Crippen LogP contribution in [0, 0.1) is 10.1 Å². The van der Waals surface area contributed by atoms with Crippen molar-refractivity contribution in [3.05, 3.63) is 61.0 Å². The number of hydrogen-bond donors (Lipinski definition) is 0. The first-order chi connectivity index (χ1) is 9.51. The molecule has 0 saturated heterocycles. The molecule has 0 aromatic heterocycles. The summed E-state index contributed by atoms with van der Waals surface area (Å²) in [6.07, 6.45) is 0. The van der Waals surface area contributed by atoms with Gasteiger partial charge >= 0.3 is 5.69 Å². The smallest absolute Gasteiger partial charge is 0.311 e. The highest BCUT2D eigenvalue weighted by atomic mass is 79.9. The number of rotatable bonds is 4. The van der Waals surface area contributed by atoms with Gasteiger partial charge in [-0.2, -0.15) is 0 Å². The lowest BCUT2D eigenvalue weighted by molar-refractivity contribution is -0.385. The fourth-order valence-electron chi connectivity index (χ4n) is 1.55. The first-order valence-corrected chi connectivity index (χ1v) is 7.59. The Morgan fingerprint density at radius 3 is 2.45 bits per heavy atom. The summed E-state index contributed by atoms with van der Waals surface area (Å²) < 4.78 is 7.18. The van der Waals surface area contributed by atoms with Gasteiger partial charge in [-0.1, -0.05) is 22.0 Å². The lowest BCUT2D eigenvalue weighted by Gasteiger charge is -2.09. The molecular weight excluding hydrogens is 413 g/mol. The molecular formula is C13H8Br2ClNO3. The van der Waals surface area contributed by atoms with Crippen LogP contribution >= 0.6 is 43.5 Å². The van der Waals surface area contributed by atoms with Crippen LogP contribution in [0.2, 0.25) is 0 Å². The van der Waals surface area contributed by atoms with Gasteiger partial charge in [-0.25, -0.2) is 0 Å². The zero-order valence-electron chi connectivity index (χ0n) is 9.98. The van der Waals surface area contributed by atoms with E-state index in [1.165, 1.54) is 6.07 Å². The Kier molecular flexibility index (Phi) is 5.01. The van der Waals surface area contributed by atoms with E-state index in [-0.39, 0.29) is 17.3 Å². The van der Waals surface area contributed by atoms with Crippen LogP contribution in [0.4, 0.5) is 5.69 Å². The van der Waals surface area contributed by atoms with Crippen LogP contribution in [0.5, 0.6) is 11.5 Å². The molecule has 104 valence electrons. The number of benzene rings is 2. The SMILES string of the molecule is O=[N+]([O-])c1cc(CCl)ccc1Oc1ccc(Br)cc1Br. The highest BCUT2D eigenvalue weighted by molar-refractivity contribution is 9.11. The highest BCUT2D eigenvalue weighted by Gasteiger charge is 2.17. The van der Waals surface area contributed by atoms with Gasteiger partial charge in [0.25, 0.3) is 0 Å². The molecule has 0 heterocycles. The Hall–Kier alpha value is -1.11. The van der Waals surface area contributed by atoms with E-state index in [9.17, 15) is 10.1 Å². The summed E-state index contributed by atoms with van der Waals surface area (Å²) in [5.41, 5.74) is 0.554. The number of nitro groups is 1. The molecule has 0 N–H and O–H groups in total. The van der Waals surface area contributed by atoms with Crippen LogP contribution in [0.25, 0.3) is 0 Å². The van der Waals surface area contributed by atoms with E-state index in [4.69, 9.17) is 16.3 Å². The van der Waals surface area contributed by atoms with Crippen molar-refractivity contribution >= 4 is 49.1 Å². The van der Waals surface area contributed by atoms with E-state index in [1.54, 1.807) is 30.3 Å². The largest absolute Gasteiger partial charge is 0.449 e. The molecule has 7 heteroatoms. The lowest BCUT2D eigenvalue weighted by atomic mass is 10.2. The van der Waals surface area contributed by atoms with Gasteiger partial charge in [0.1, 0.15) is 5.75 Å². The average Bonchev–Trinajstić information content (AvgIpc) is 2.42. The summed E-state index contributed by atoms with van der Waals surface area (Å²) in [5, 5.41) is 11.1. The van der Waals surface area contributed by atoms with Crippen molar-refractivity contribution in [3.63, 3.8) is 0 Å². The maximum Gasteiger partial charge on any atom is 0.311 e. The fraction of sp³-hybridized carbons (Fsp3) is 0.0769. The monoisotopic (exact) mass is 419 g/mol. The van der Waals surface area contributed by atoms with Gasteiger partial charge in [0.05, 0.1) is 9.40 Å². The minimum Gasteiger partial charge on any atom is -0.449 e. The van der Waals surface area contributed by atoms with Gasteiger partial charge in [-0.3, -0.25) is 10.1 Å². The molecule has 0 aliphatic carbocycles. The number of nitrogens with zero attached hydrogens (tertiary/aromatic N) is 1. The molecule has 0 aliphatic heterocycles. The van der Waals surface area contributed by atoms with Crippen molar-refractivity contribution in [3.8, 4) is 11.5 Å². The van der Waals surface area contributed by atoms with Crippen molar-refractivity contribution < 1.29 is 9.66 Å². The molecule has 0 aliphatic rings. The first kappa shape index (κ1) is 15.3. The van der Waals surface area contributed by atoms with E-state index in [2.05, 4.69) is 31.9 Å². The molecule has 2 aromatic rings. The van der Waals surface area contributed by atoms with Crippen molar-refractivity contribution in [1.82, 2.24) is 0 Å². The van der Waals surface area contributed by atoms with Gasteiger partial charge in [-0.15, -0.1) is 11.6 Å². The van der Waals surface area contributed by atoms with Crippen LogP contribution in [0.1, 0.15) is 5.56 Å². The van der Waals surface area contributed by atoms with Gasteiger partial charge in [0.2, 0.25) is 5.75 Å². The van der Waals surface area contributed by atoms with Crippen LogP contribution in [-0.4, -0.2) is 4.92 Å². The number of nitro benzene ring substituents is 1. The quantitative estimate of drug-likeness (QED) is 0.364. The Bertz CT molecular complexity index is 664. The number of hydrogen-bond acceptors (Lipinski definition) is 3. The second-order valence-electron chi connectivity index (χ2n) is 3.87. The predicted molar refractivity (Wildman–Crippen MR) is 84.6 cm³/mol. The zero-order valence-corrected chi connectivity index (χ0v) is 13.9. The molecule has 0 fully saturated rings. The van der Waals surface area contributed by atoms with E-state index in [0.29, 0.717) is 15.8 Å². The molecule has 4 nitrogen and oxygen atoms in total.